The lowest BCUT2D eigenvalue weighted by molar-refractivity contribution is -0.123. The van der Waals surface area contributed by atoms with Crippen molar-refractivity contribution in [3.63, 3.8) is 0 Å². The number of carbonyl (C=O) groups is 1. The fourth-order valence-corrected chi connectivity index (χ4v) is 1.36. The molecule has 20 heavy (non-hydrogen) atoms. The molecule has 1 heterocycles. The van der Waals surface area contributed by atoms with Gasteiger partial charge in [0.25, 0.3) is 5.91 Å². The van der Waals surface area contributed by atoms with Crippen LogP contribution in [-0.2, 0) is 4.79 Å². The molecule has 6 heteroatoms. The van der Waals surface area contributed by atoms with E-state index in [1.807, 2.05) is 31.2 Å². The molecular weight excluding hydrogens is 256 g/mol. The quantitative estimate of drug-likeness (QED) is 0.656. The van der Waals surface area contributed by atoms with E-state index in [9.17, 15) is 4.79 Å². The van der Waals surface area contributed by atoms with Gasteiger partial charge >= 0.3 is 0 Å². The predicted octanol–water partition coefficient (Wildman–Crippen LogP) is 1.31. The van der Waals surface area contributed by atoms with E-state index in [0.717, 1.165) is 5.56 Å². The zero-order valence-corrected chi connectivity index (χ0v) is 11.0. The number of aromatic nitrogens is 2. The second kappa shape index (κ2) is 6.98. The van der Waals surface area contributed by atoms with E-state index in [1.165, 1.54) is 24.2 Å². The molecule has 0 aliphatic carbocycles. The molecule has 1 aromatic heterocycles. The predicted molar refractivity (Wildman–Crippen MR) is 74.4 cm³/mol. The third-order valence-electron chi connectivity index (χ3n) is 2.37. The van der Waals surface area contributed by atoms with Gasteiger partial charge in [-0.15, -0.1) is 0 Å². The largest absolute Gasteiger partial charge is 0.466 e. The number of benzene rings is 1. The van der Waals surface area contributed by atoms with E-state index in [2.05, 4.69) is 20.5 Å². The fourth-order valence-electron chi connectivity index (χ4n) is 1.36. The van der Waals surface area contributed by atoms with Crippen molar-refractivity contribution >= 4 is 12.1 Å². The Kier molecular flexibility index (Phi) is 4.77. The normalized spacial score (nSPS) is 10.4. The number of ether oxygens (including phenoxy) is 1. The maximum atomic E-state index is 11.5. The molecule has 2 rings (SSSR count). The topological polar surface area (TPSA) is 76.5 Å². The van der Waals surface area contributed by atoms with Crippen LogP contribution < -0.4 is 10.2 Å². The van der Waals surface area contributed by atoms with Crippen LogP contribution in [0, 0.1) is 6.92 Å². The molecule has 0 fully saturated rings. The summed E-state index contributed by atoms with van der Waals surface area (Å²) in [6.07, 6.45) is 6.02. The van der Waals surface area contributed by atoms with Crippen LogP contribution in [-0.4, -0.2) is 28.7 Å². The lowest BCUT2D eigenvalue weighted by Gasteiger charge is -2.02. The van der Waals surface area contributed by atoms with Gasteiger partial charge < -0.3 is 4.74 Å². The van der Waals surface area contributed by atoms with Crippen LogP contribution in [0.1, 0.15) is 11.1 Å². The van der Waals surface area contributed by atoms with E-state index in [-0.39, 0.29) is 12.5 Å². The Bertz CT molecular complexity index is 582. The zero-order valence-electron chi connectivity index (χ0n) is 11.0. The molecule has 0 unspecified atom stereocenters. The second-order valence-corrected chi connectivity index (χ2v) is 4.04. The van der Waals surface area contributed by atoms with Crippen molar-refractivity contribution in [2.75, 3.05) is 6.61 Å². The summed E-state index contributed by atoms with van der Waals surface area (Å²) in [6, 6.07) is 7.78. The number of rotatable bonds is 5. The van der Waals surface area contributed by atoms with Crippen LogP contribution in [0.15, 0.2) is 48.0 Å². The van der Waals surface area contributed by atoms with Crippen LogP contribution in [0.5, 0.6) is 5.88 Å². The third kappa shape index (κ3) is 4.49. The number of aryl methyl sites for hydroxylation is 1. The Morgan fingerprint density at radius 3 is 2.85 bits per heavy atom. The van der Waals surface area contributed by atoms with Crippen LogP contribution >= 0.6 is 0 Å². The number of nitrogens with zero attached hydrogens (tertiary/aromatic N) is 3. The van der Waals surface area contributed by atoms with Crippen molar-refractivity contribution in [2.45, 2.75) is 6.92 Å². The monoisotopic (exact) mass is 270 g/mol. The molecule has 1 amide bonds. The highest BCUT2D eigenvalue weighted by molar-refractivity contribution is 5.82. The first-order valence-electron chi connectivity index (χ1n) is 6.01. The van der Waals surface area contributed by atoms with E-state index in [1.54, 1.807) is 6.21 Å². The molecule has 0 aliphatic heterocycles. The SMILES string of the molecule is Cc1ccc(/C=N/NC(=O)COc2cnccn2)cc1. The number of hydrazone groups is 1. The molecule has 0 aliphatic rings. The number of amides is 1. The van der Waals surface area contributed by atoms with Gasteiger partial charge in [0, 0.05) is 12.4 Å². The molecule has 1 aromatic carbocycles. The Morgan fingerprint density at radius 2 is 2.15 bits per heavy atom. The second-order valence-electron chi connectivity index (χ2n) is 4.04. The minimum absolute atomic E-state index is 0.163. The van der Waals surface area contributed by atoms with Crippen molar-refractivity contribution < 1.29 is 9.53 Å². The summed E-state index contributed by atoms with van der Waals surface area (Å²) in [5.41, 5.74) is 4.45. The average molecular weight is 270 g/mol. The molecule has 0 atom stereocenters. The molecule has 0 spiro atoms. The molecule has 1 N–H and O–H groups in total. The summed E-state index contributed by atoms with van der Waals surface area (Å²) in [5.74, 6) is -0.0656. The highest BCUT2D eigenvalue weighted by Crippen LogP contribution is 2.00. The standard InChI is InChI=1S/C14H14N4O2/c1-11-2-4-12(5-3-11)8-17-18-13(19)10-20-14-9-15-6-7-16-14/h2-9H,10H2,1H3,(H,18,19)/b17-8+. The number of hydrogen-bond donors (Lipinski definition) is 1. The molecule has 6 nitrogen and oxygen atoms in total. The van der Waals surface area contributed by atoms with Gasteiger partial charge in [0.1, 0.15) is 0 Å². The number of hydrogen-bond acceptors (Lipinski definition) is 5. The minimum atomic E-state index is -0.362. The van der Waals surface area contributed by atoms with Crippen molar-refractivity contribution in [1.82, 2.24) is 15.4 Å². The Morgan fingerprint density at radius 1 is 1.35 bits per heavy atom. The molecule has 0 saturated carbocycles. The fraction of sp³-hybridized carbons (Fsp3) is 0.143. The van der Waals surface area contributed by atoms with Crippen LogP contribution in [0.2, 0.25) is 0 Å². The van der Waals surface area contributed by atoms with Crippen LogP contribution in [0.3, 0.4) is 0 Å². The summed E-state index contributed by atoms with van der Waals surface area (Å²) in [6.45, 7) is 1.84. The maximum Gasteiger partial charge on any atom is 0.278 e. The first-order chi connectivity index (χ1) is 9.74. The van der Waals surface area contributed by atoms with Crippen LogP contribution in [0.25, 0.3) is 0 Å². The van der Waals surface area contributed by atoms with Crippen LogP contribution in [0.4, 0.5) is 0 Å². The summed E-state index contributed by atoms with van der Waals surface area (Å²) in [7, 11) is 0. The van der Waals surface area contributed by atoms with E-state index in [0.29, 0.717) is 5.88 Å². The number of nitrogens with one attached hydrogen (secondary N) is 1. The van der Waals surface area contributed by atoms with Gasteiger partial charge in [-0.3, -0.25) is 9.78 Å². The molecule has 102 valence electrons. The highest BCUT2D eigenvalue weighted by Gasteiger charge is 2.01. The zero-order chi connectivity index (χ0) is 14.2. The lowest BCUT2D eigenvalue weighted by Crippen LogP contribution is -2.24. The smallest absolute Gasteiger partial charge is 0.278 e. The van der Waals surface area contributed by atoms with Crippen molar-refractivity contribution in [3.8, 4) is 5.88 Å². The first-order valence-corrected chi connectivity index (χ1v) is 6.01. The lowest BCUT2D eigenvalue weighted by atomic mass is 10.2. The Balaban J connectivity index is 1.76. The van der Waals surface area contributed by atoms with E-state index < -0.39 is 0 Å². The summed E-state index contributed by atoms with van der Waals surface area (Å²) in [5, 5.41) is 3.84. The van der Waals surface area contributed by atoms with Gasteiger partial charge in [-0.1, -0.05) is 29.8 Å². The van der Waals surface area contributed by atoms with E-state index in [4.69, 9.17) is 4.74 Å². The summed E-state index contributed by atoms with van der Waals surface area (Å²) >= 11 is 0. The van der Waals surface area contributed by atoms with Gasteiger partial charge in [-0.25, -0.2) is 10.4 Å². The van der Waals surface area contributed by atoms with Crippen molar-refractivity contribution in [1.29, 1.82) is 0 Å². The van der Waals surface area contributed by atoms with Gasteiger partial charge in [-0.05, 0) is 12.5 Å². The maximum absolute atomic E-state index is 11.5. The minimum Gasteiger partial charge on any atom is -0.466 e. The average Bonchev–Trinajstić information content (AvgIpc) is 2.48. The molecule has 0 bridgehead atoms. The molecule has 2 aromatic rings. The van der Waals surface area contributed by atoms with Gasteiger partial charge in [0.15, 0.2) is 6.61 Å². The Hall–Kier alpha value is -2.76. The van der Waals surface area contributed by atoms with Crippen molar-refractivity contribution in [3.05, 3.63) is 54.0 Å². The van der Waals surface area contributed by atoms with Gasteiger partial charge in [0.2, 0.25) is 5.88 Å². The highest BCUT2D eigenvalue weighted by atomic mass is 16.5. The van der Waals surface area contributed by atoms with Crippen molar-refractivity contribution in [2.24, 2.45) is 5.10 Å². The van der Waals surface area contributed by atoms with E-state index >= 15 is 0 Å². The molecule has 0 saturated heterocycles. The third-order valence-corrected chi connectivity index (χ3v) is 2.37. The molecular formula is C14H14N4O2. The summed E-state index contributed by atoms with van der Waals surface area (Å²) in [4.78, 5) is 19.2. The van der Waals surface area contributed by atoms with Gasteiger partial charge in [-0.2, -0.15) is 5.10 Å². The Labute approximate surface area is 116 Å². The first kappa shape index (κ1) is 13.7. The van der Waals surface area contributed by atoms with Gasteiger partial charge in [0.05, 0.1) is 12.4 Å². The summed E-state index contributed by atoms with van der Waals surface area (Å²) < 4.78 is 5.13. The number of carbonyl (C=O) groups excluding carboxylic acids is 1. The molecule has 0 radical (unpaired) electrons.